The van der Waals surface area contributed by atoms with Crippen LogP contribution in [0.25, 0.3) is 0 Å². The molecule has 1 unspecified atom stereocenters. The number of hydrogen-bond acceptors (Lipinski definition) is 4. The molecule has 1 rings (SSSR count). The van der Waals surface area contributed by atoms with Crippen LogP contribution in [0.15, 0.2) is 18.2 Å². The molecular weight excluding hydrogens is 341 g/mol. The number of carbonyl (C=O) groups excluding carboxylic acids is 1. The van der Waals surface area contributed by atoms with Crippen LogP contribution in [0, 0.1) is 0 Å². The molecule has 0 heterocycles. The summed E-state index contributed by atoms with van der Waals surface area (Å²) in [5.74, 6) is 1.21. The number of rotatable bonds is 9. The lowest BCUT2D eigenvalue weighted by atomic mass is 10.1. The number of urea groups is 1. The zero-order chi connectivity index (χ0) is 18.9. The summed E-state index contributed by atoms with van der Waals surface area (Å²) in [7, 11) is 3.06. The molecule has 0 aliphatic rings. The lowest BCUT2D eigenvalue weighted by Gasteiger charge is -2.18. The second kappa shape index (κ2) is 9.97. The summed E-state index contributed by atoms with van der Waals surface area (Å²) in [4.78, 5) is 11.8. The van der Waals surface area contributed by atoms with Gasteiger partial charge < -0.3 is 24.8 Å². The Morgan fingerprint density at radius 1 is 1.24 bits per heavy atom. The molecule has 1 aromatic rings. The summed E-state index contributed by atoms with van der Waals surface area (Å²) in [5.41, 5.74) is 0.770. The molecule has 0 aliphatic heterocycles. The number of methoxy groups -OCH3 is 2. The van der Waals surface area contributed by atoms with Crippen LogP contribution in [-0.4, -0.2) is 46.2 Å². The molecule has 2 amide bonds. The number of amides is 2. The predicted molar refractivity (Wildman–Crippen MR) is 86.0 cm³/mol. The molecule has 1 aromatic carbocycles. The maximum absolute atomic E-state index is 11.9. The van der Waals surface area contributed by atoms with E-state index in [0.717, 1.165) is 5.56 Å². The van der Waals surface area contributed by atoms with Crippen LogP contribution >= 0.6 is 0 Å². The Bertz CT molecular complexity index is 553. The standard InChI is InChI=1S/C16H23F3N2O4/c1-11(13-6-5-12(23-2)9-14(13)24-3)21-15(22)20-7-4-8-25-10-16(17,18)19/h5-6,9,11H,4,7-8,10H2,1-3H3,(H2,20,21,22). The molecule has 0 fully saturated rings. The molecule has 0 saturated carbocycles. The van der Waals surface area contributed by atoms with Crippen LogP contribution in [-0.2, 0) is 4.74 Å². The highest BCUT2D eigenvalue weighted by atomic mass is 19.4. The van der Waals surface area contributed by atoms with E-state index < -0.39 is 18.8 Å². The number of ether oxygens (including phenoxy) is 3. The summed E-state index contributed by atoms with van der Waals surface area (Å²) in [6.07, 6.45) is -4.05. The van der Waals surface area contributed by atoms with Gasteiger partial charge in [0.2, 0.25) is 0 Å². The summed E-state index contributed by atoms with van der Waals surface area (Å²) >= 11 is 0. The van der Waals surface area contributed by atoms with Crippen molar-refractivity contribution < 1.29 is 32.2 Å². The summed E-state index contributed by atoms with van der Waals surface area (Å²) in [6, 6.07) is 4.49. The van der Waals surface area contributed by atoms with Gasteiger partial charge in [-0.05, 0) is 25.5 Å². The lowest BCUT2D eigenvalue weighted by molar-refractivity contribution is -0.173. The Morgan fingerprint density at radius 2 is 1.96 bits per heavy atom. The van der Waals surface area contributed by atoms with E-state index in [0.29, 0.717) is 11.5 Å². The van der Waals surface area contributed by atoms with Crippen LogP contribution in [0.2, 0.25) is 0 Å². The number of nitrogens with one attached hydrogen (secondary N) is 2. The van der Waals surface area contributed by atoms with Gasteiger partial charge in [0, 0.05) is 24.8 Å². The van der Waals surface area contributed by atoms with E-state index in [9.17, 15) is 18.0 Å². The molecular formula is C16H23F3N2O4. The Balaban J connectivity index is 2.37. The molecule has 6 nitrogen and oxygen atoms in total. The van der Waals surface area contributed by atoms with Crippen molar-refractivity contribution in [3.05, 3.63) is 23.8 Å². The Hall–Kier alpha value is -2.16. The fourth-order valence-electron chi connectivity index (χ4n) is 2.07. The van der Waals surface area contributed by atoms with Gasteiger partial charge in [-0.15, -0.1) is 0 Å². The second-order valence-electron chi connectivity index (χ2n) is 5.25. The third-order valence-electron chi connectivity index (χ3n) is 3.27. The molecule has 0 spiro atoms. The zero-order valence-corrected chi connectivity index (χ0v) is 14.4. The third-order valence-corrected chi connectivity index (χ3v) is 3.27. The molecule has 2 N–H and O–H groups in total. The molecule has 0 bridgehead atoms. The number of hydrogen-bond donors (Lipinski definition) is 2. The van der Waals surface area contributed by atoms with Gasteiger partial charge in [-0.3, -0.25) is 0 Å². The van der Waals surface area contributed by atoms with Crippen LogP contribution in [0.5, 0.6) is 11.5 Å². The average molecular weight is 364 g/mol. The summed E-state index contributed by atoms with van der Waals surface area (Å²) in [5, 5.41) is 5.30. The SMILES string of the molecule is COc1ccc(C(C)NC(=O)NCCCOCC(F)(F)F)c(OC)c1. The molecule has 0 saturated heterocycles. The first-order chi connectivity index (χ1) is 11.8. The largest absolute Gasteiger partial charge is 0.497 e. The number of benzene rings is 1. The highest BCUT2D eigenvalue weighted by Gasteiger charge is 2.27. The molecule has 0 aromatic heterocycles. The van der Waals surface area contributed by atoms with E-state index in [1.165, 1.54) is 7.11 Å². The van der Waals surface area contributed by atoms with E-state index in [2.05, 4.69) is 15.4 Å². The quantitative estimate of drug-likeness (QED) is 0.661. The Morgan fingerprint density at radius 3 is 2.56 bits per heavy atom. The van der Waals surface area contributed by atoms with Gasteiger partial charge in [-0.1, -0.05) is 0 Å². The number of alkyl halides is 3. The van der Waals surface area contributed by atoms with Gasteiger partial charge in [0.15, 0.2) is 0 Å². The molecule has 9 heteroatoms. The molecule has 142 valence electrons. The summed E-state index contributed by atoms with van der Waals surface area (Å²) < 4.78 is 50.5. The zero-order valence-electron chi connectivity index (χ0n) is 14.4. The van der Waals surface area contributed by atoms with Gasteiger partial charge in [0.1, 0.15) is 18.1 Å². The smallest absolute Gasteiger partial charge is 0.411 e. The van der Waals surface area contributed by atoms with Crippen LogP contribution in [0.1, 0.15) is 24.9 Å². The number of carbonyl (C=O) groups is 1. The third kappa shape index (κ3) is 7.97. The van der Waals surface area contributed by atoms with Crippen molar-refractivity contribution >= 4 is 6.03 Å². The lowest BCUT2D eigenvalue weighted by Crippen LogP contribution is -2.38. The number of halogens is 3. The molecule has 25 heavy (non-hydrogen) atoms. The van der Waals surface area contributed by atoms with Crippen LogP contribution in [0.4, 0.5) is 18.0 Å². The topological polar surface area (TPSA) is 68.8 Å². The maximum atomic E-state index is 11.9. The Kier molecular flexibility index (Phi) is 8.33. The van der Waals surface area contributed by atoms with Crippen LogP contribution < -0.4 is 20.1 Å². The van der Waals surface area contributed by atoms with Crippen molar-refractivity contribution in [3.63, 3.8) is 0 Å². The van der Waals surface area contributed by atoms with Crippen LogP contribution in [0.3, 0.4) is 0 Å². The van der Waals surface area contributed by atoms with Crippen molar-refractivity contribution in [2.45, 2.75) is 25.6 Å². The summed E-state index contributed by atoms with van der Waals surface area (Å²) in [6.45, 7) is 0.627. The first-order valence-electron chi connectivity index (χ1n) is 7.67. The van der Waals surface area contributed by atoms with E-state index in [1.54, 1.807) is 32.2 Å². The van der Waals surface area contributed by atoms with E-state index in [1.807, 2.05) is 0 Å². The van der Waals surface area contributed by atoms with E-state index in [4.69, 9.17) is 9.47 Å². The fraction of sp³-hybridized carbons (Fsp3) is 0.562. The normalized spacial score (nSPS) is 12.4. The molecule has 1 atom stereocenters. The highest BCUT2D eigenvalue weighted by molar-refractivity contribution is 5.74. The van der Waals surface area contributed by atoms with Crippen molar-refractivity contribution in [2.75, 3.05) is 34.0 Å². The van der Waals surface area contributed by atoms with E-state index in [-0.39, 0.29) is 25.6 Å². The molecule has 0 aliphatic carbocycles. The monoisotopic (exact) mass is 364 g/mol. The van der Waals surface area contributed by atoms with Crippen molar-refractivity contribution in [1.82, 2.24) is 10.6 Å². The first kappa shape index (κ1) is 20.9. The minimum atomic E-state index is -4.34. The Labute approximate surface area is 144 Å². The van der Waals surface area contributed by atoms with Crippen molar-refractivity contribution in [3.8, 4) is 11.5 Å². The van der Waals surface area contributed by atoms with Gasteiger partial charge in [0.05, 0.1) is 20.3 Å². The average Bonchev–Trinajstić information content (AvgIpc) is 2.56. The van der Waals surface area contributed by atoms with Gasteiger partial charge in [-0.25, -0.2) is 4.79 Å². The molecule has 0 radical (unpaired) electrons. The van der Waals surface area contributed by atoms with Crippen molar-refractivity contribution in [1.29, 1.82) is 0 Å². The predicted octanol–water partition coefficient (Wildman–Crippen LogP) is 3.03. The second-order valence-corrected chi connectivity index (χ2v) is 5.25. The van der Waals surface area contributed by atoms with Gasteiger partial charge in [0.25, 0.3) is 0 Å². The van der Waals surface area contributed by atoms with Gasteiger partial charge >= 0.3 is 12.2 Å². The minimum Gasteiger partial charge on any atom is -0.497 e. The van der Waals surface area contributed by atoms with Gasteiger partial charge in [-0.2, -0.15) is 13.2 Å². The van der Waals surface area contributed by atoms with Crippen molar-refractivity contribution in [2.24, 2.45) is 0 Å². The maximum Gasteiger partial charge on any atom is 0.411 e. The van der Waals surface area contributed by atoms with E-state index >= 15 is 0 Å². The fourth-order valence-corrected chi connectivity index (χ4v) is 2.07. The first-order valence-corrected chi connectivity index (χ1v) is 7.67. The highest BCUT2D eigenvalue weighted by Crippen LogP contribution is 2.29. The minimum absolute atomic E-state index is 0.0817.